The highest BCUT2D eigenvalue weighted by Gasteiger charge is 2.51. The van der Waals surface area contributed by atoms with E-state index >= 15 is 0 Å². The van der Waals surface area contributed by atoms with Crippen molar-refractivity contribution < 1.29 is 28.1 Å². The maximum absolute atomic E-state index is 6.32. The summed E-state index contributed by atoms with van der Waals surface area (Å²) in [6.45, 7) is 2.23. The van der Waals surface area contributed by atoms with Crippen LogP contribution in [0.3, 0.4) is 0 Å². The molecule has 0 amide bonds. The van der Waals surface area contributed by atoms with Crippen LogP contribution in [0.4, 0.5) is 0 Å². The minimum absolute atomic E-state index is 0.0519. The SMILES string of the molecule is c1ccc(/C(B2OC3COC[C@H]3O2)=C(/B2OC3COC[C@H]3O2)c2ccccc2)cc1. The van der Waals surface area contributed by atoms with E-state index < -0.39 is 14.2 Å². The van der Waals surface area contributed by atoms with Gasteiger partial charge in [-0.1, -0.05) is 60.7 Å². The summed E-state index contributed by atoms with van der Waals surface area (Å²) in [6, 6.07) is 20.4. The standard InChI is InChI=1S/C22H22B2O6/c1-3-7-15(8-4-1)21(23-27-17-11-25-12-18(17)28-23)22(16-9-5-2-6-10-16)24-29-19-13-26-14-20(19)30-24/h1-10,17-20H,11-14H2/b22-21-/t17-,18?,19-,20?/m1/s1. The molecule has 2 aromatic carbocycles. The van der Waals surface area contributed by atoms with Gasteiger partial charge in [0.1, 0.15) is 0 Å². The van der Waals surface area contributed by atoms with Crippen LogP contribution >= 0.6 is 0 Å². The van der Waals surface area contributed by atoms with Crippen molar-refractivity contribution >= 4 is 25.2 Å². The molecule has 0 aromatic heterocycles. The van der Waals surface area contributed by atoms with Crippen molar-refractivity contribution in [3.05, 3.63) is 71.8 Å². The lowest BCUT2D eigenvalue weighted by Crippen LogP contribution is -2.29. The Bertz CT molecular complexity index is 824. The minimum Gasteiger partial charge on any atom is -0.399 e. The Morgan fingerprint density at radius 1 is 0.533 bits per heavy atom. The monoisotopic (exact) mass is 404 g/mol. The van der Waals surface area contributed by atoms with E-state index in [9.17, 15) is 0 Å². The average Bonchev–Trinajstić information content (AvgIpc) is 3.54. The van der Waals surface area contributed by atoms with Crippen LogP contribution in [0.25, 0.3) is 10.9 Å². The van der Waals surface area contributed by atoms with Crippen molar-refractivity contribution in [3.63, 3.8) is 0 Å². The molecule has 30 heavy (non-hydrogen) atoms. The summed E-state index contributed by atoms with van der Waals surface area (Å²) in [5, 5.41) is 0. The second kappa shape index (κ2) is 7.96. The Kier molecular flexibility index (Phi) is 4.99. The number of hydrogen-bond donors (Lipinski definition) is 0. The summed E-state index contributed by atoms with van der Waals surface area (Å²) in [6.07, 6.45) is -0.208. The number of benzene rings is 2. The Hall–Kier alpha value is -1.93. The van der Waals surface area contributed by atoms with E-state index in [2.05, 4.69) is 24.3 Å². The highest BCUT2D eigenvalue weighted by atomic mass is 16.7. The van der Waals surface area contributed by atoms with Gasteiger partial charge in [0.15, 0.2) is 0 Å². The fourth-order valence-corrected chi connectivity index (χ4v) is 4.58. The van der Waals surface area contributed by atoms with Crippen molar-refractivity contribution in [2.45, 2.75) is 24.4 Å². The topological polar surface area (TPSA) is 55.4 Å². The first kappa shape index (κ1) is 18.8. The zero-order valence-electron chi connectivity index (χ0n) is 16.5. The van der Waals surface area contributed by atoms with Gasteiger partial charge < -0.3 is 28.1 Å². The van der Waals surface area contributed by atoms with Crippen molar-refractivity contribution in [1.29, 1.82) is 0 Å². The molecule has 0 aliphatic carbocycles. The molecule has 0 saturated carbocycles. The van der Waals surface area contributed by atoms with Crippen molar-refractivity contribution in [2.75, 3.05) is 26.4 Å². The molecular formula is C22H22B2O6. The molecular weight excluding hydrogens is 382 g/mol. The van der Waals surface area contributed by atoms with Gasteiger partial charge in [0.25, 0.3) is 0 Å². The van der Waals surface area contributed by atoms with E-state index in [0.717, 1.165) is 22.1 Å². The average molecular weight is 404 g/mol. The highest BCUT2D eigenvalue weighted by Crippen LogP contribution is 2.39. The zero-order chi connectivity index (χ0) is 19.9. The van der Waals surface area contributed by atoms with Gasteiger partial charge in [-0.3, -0.25) is 0 Å². The molecule has 6 rings (SSSR count). The summed E-state index contributed by atoms with van der Waals surface area (Å²) in [7, 11) is -1.02. The Balaban J connectivity index is 1.48. The van der Waals surface area contributed by atoms with Gasteiger partial charge in [-0.15, -0.1) is 0 Å². The Morgan fingerprint density at radius 3 is 1.20 bits per heavy atom. The predicted molar refractivity (Wildman–Crippen MR) is 112 cm³/mol. The Labute approximate surface area is 176 Å². The first-order valence-electron chi connectivity index (χ1n) is 10.5. The molecule has 2 aromatic rings. The van der Waals surface area contributed by atoms with E-state index in [0.29, 0.717) is 26.4 Å². The highest BCUT2D eigenvalue weighted by molar-refractivity contribution is 6.82. The van der Waals surface area contributed by atoms with Crippen LogP contribution in [0.2, 0.25) is 0 Å². The predicted octanol–water partition coefficient (Wildman–Crippen LogP) is 2.28. The van der Waals surface area contributed by atoms with Crippen molar-refractivity contribution in [2.24, 2.45) is 0 Å². The lowest BCUT2D eigenvalue weighted by Gasteiger charge is -2.21. The third-order valence-electron chi connectivity index (χ3n) is 6.08. The molecule has 4 aliphatic heterocycles. The zero-order valence-corrected chi connectivity index (χ0v) is 16.5. The van der Waals surface area contributed by atoms with Crippen LogP contribution in [0.15, 0.2) is 60.7 Å². The number of hydrogen-bond acceptors (Lipinski definition) is 6. The first-order valence-corrected chi connectivity index (χ1v) is 10.5. The van der Waals surface area contributed by atoms with Gasteiger partial charge in [-0.05, 0) is 22.1 Å². The normalized spacial score (nSPS) is 31.1. The molecule has 0 bridgehead atoms. The number of ether oxygens (including phenoxy) is 2. The smallest absolute Gasteiger partial charge is 0.399 e. The summed E-state index contributed by atoms with van der Waals surface area (Å²) in [5.41, 5.74) is 3.95. The first-order chi connectivity index (χ1) is 14.9. The molecule has 4 atom stereocenters. The maximum atomic E-state index is 6.32. The summed E-state index contributed by atoms with van der Waals surface area (Å²) < 4.78 is 36.3. The van der Waals surface area contributed by atoms with Crippen molar-refractivity contribution in [1.82, 2.24) is 0 Å². The van der Waals surface area contributed by atoms with Crippen LogP contribution in [0.5, 0.6) is 0 Å². The molecule has 2 unspecified atom stereocenters. The third-order valence-corrected chi connectivity index (χ3v) is 6.08. The van der Waals surface area contributed by atoms with Gasteiger partial charge in [-0.25, -0.2) is 0 Å². The van der Waals surface area contributed by atoms with E-state index in [1.165, 1.54) is 0 Å². The van der Waals surface area contributed by atoms with E-state index in [4.69, 9.17) is 28.1 Å². The van der Waals surface area contributed by atoms with Gasteiger partial charge in [0.2, 0.25) is 0 Å². The van der Waals surface area contributed by atoms with Gasteiger partial charge in [0, 0.05) is 0 Å². The summed E-state index contributed by atoms with van der Waals surface area (Å²) in [5.74, 6) is 0. The number of fused-ring (bicyclic) bond motifs is 2. The molecule has 4 heterocycles. The molecule has 4 fully saturated rings. The molecule has 0 N–H and O–H groups in total. The van der Waals surface area contributed by atoms with Crippen LogP contribution < -0.4 is 0 Å². The largest absolute Gasteiger partial charge is 0.494 e. The van der Waals surface area contributed by atoms with E-state index in [-0.39, 0.29) is 24.4 Å². The minimum atomic E-state index is -0.509. The van der Waals surface area contributed by atoms with E-state index in [1.807, 2.05) is 36.4 Å². The molecule has 4 aliphatic rings. The van der Waals surface area contributed by atoms with Gasteiger partial charge in [0.05, 0.1) is 50.8 Å². The lowest BCUT2D eigenvalue weighted by atomic mass is 9.60. The molecule has 0 spiro atoms. The lowest BCUT2D eigenvalue weighted by molar-refractivity contribution is 0.129. The quantitative estimate of drug-likeness (QED) is 0.576. The fraction of sp³-hybridized carbons (Fsp3) is 0.364. The molecule has 8 heteroatoms. The molecule has 6 nitrogen and oxygen atoms in total. The molecule has 152 valence electrons. The van der Waals surface area contributed by atoms with Gasteiger partial charge in [-0.2, -0.15) is 0 Å². The van der Waals surface area contributed by atoms with Crippen LogP contribution in [0.1, 0.15) is 11.1 Å². The second-order valence-electron chi connectivity index (χ2n) is 8.00. The van der Waals surface area contributed by atoms with Crippen LogP contribution in [0, 0.1) is 0 Å². The van der Waals surface area contributed by atoms with Crippen LogP contribution in [-0.4, -0.2) is 65.1 Å². The van der Waals surface area contributed by atoms with E-state index in [1.54, 1.807) is 0 Å². The fourth-order valence-electron chi connectivity index (χ4n) is 4.58. The van der Waals surface area contributed by atoms with Crippen LogP contribution in [-0.2, 0) is 28.1 Å². The molecule has 0 radical (unpaired) electrons. The van der Waals surface area contributed by atoms with Gasteiger partial charge >= 0.3 is 14.2 Å². The summed E-state index contributed by atoms with van der Waals surface area (Å²) in [4.78, 5) is 0. The summed E-state index contributed by atoms with van der Waals surface area (Å²) >= 11 is 0. The van der Waals surface area contributed by atoms with Crippen molar-refractivity contribution in [3.8, 4) is 0 Å². The maximum Gasteiger partial charge on any atom is 0.494 e. The number of rotatable bonds is 4. The third kappa shape index (κ3) is 3.34. The molecule has 4 saturated heterocycles. The second-order valence-corrected chi connectivity index (χ2v) is 8.00. The Morgan fingerprint density at radius 2 is 0.867 bits per heavy atom.